The van der Waals surface area contributed by atoms with Crippen molar-refractivity contribution in [1.82, 2.24) is 20.4 Å². The van der Waals surface area contributed by atoms with Crippen molar-refractivity contribution in [3.8, 4) is 11.4 Å². The van der Waals surface area contributed by atoms with Crippen molar-refractivity contribution in [2.24, 2.45) is 0 Å². The van der Waals surface area contributed by atoms with Crippen LogP contribution in [0, 0.1) is 0 Å². The number of amides is 2. The summed E-state index contributed by atoms with van der Waals surface area (Å²) in [5.41, 5.74) is 3.32. The van der Waals surface area contributed by atoms with Crippen LogP contribution in [0.1, 0.15) is 18.4 Å². The van der Waals surface area contributed by atoms with Crippen LogP contribution in [-0.4, -0.2) is 53.8 Å². The van der Waals surface area contributed by atoms with E-state index in [0.29, 0.717) is 31.3 Å². The van der Waals surface area contributed by atoms with Crippen LogP contribution in [0.25, 0.3) is 11.4 Å². The minimum absolute atomic E-state index is 0.0183. The van der Waals surface area contributed by atoms with E-state index in [2.05, 4.69) is 44.6 Å². The molecule has 0 unspecified atom stereocenters. The van der Waals surface area contributed by atoms with Gasteiger partial charge in [0.1, 0.15) is 0 Å². The van der Waals surface area contributed by atoms with Crippen molar-refractivity contribution in [3.05, 3.63) is 66.1 Å². The lowest BCUT2D eigenvalue weighted by molar-refractivity contribution is 0.194. The van der Waals surface area contributed by atoms with Crippen LogP contribution < -0.4 is 10.2 Å². The highest BCUT2D eigenvalue weighted by Gasteiger charge is 2.21. The molecule has 0 atom stereocenters. The Bertz CT molecular complexity index is 947. The second-order valence-electron chi connectivity index (χ2n) is 7.35. The Morgan fingerprint density at radius 3 is 2.43 bits per heavy atom. The molecule has 7 heteroatoms. The lowest BCUT2D eigenvalue weighted by Gasteiger charge is -2.36. The molecule has 2 aromatic carbocycles. The van der Waals surface area contributed by atoms with Gasteiger partial charge >= 0.3 is 6.03 Å². The molecule has 3 aromatic rings. The first-order valence-corrected chi connectivity index (χ1v) is 10.5. The standard InChI is InChI=1S/C23H27N5O2/c1-2-21-25-22(26-30-21)19-8-10-20(11-9-19)27-14-16-28(17-15-27)23(29)24-13-12-18-6-4-3-5-7-18/h3-11H,2,12-17H2,1H3,(H,24,29). The first-order valence-electron chi connectivity index (χ1n) is 10.5. The van der Waals surface area contributed by atoms with E-state index in [0.717, 1.165) is 37.2 Å². The number of aromatic nitrogens is 2. The second-order valence-corrected chi connectivity index (χ2v) is 7.35. The minimum Gasteiger partial charge on any atom is -0.368 e. The molecule has 0 radical (unpaired) electrons. The van der Waals surface area contributed by atoms with Crippen LogP contribution >= 0.6 is 0 Å². The topological polar surface area (TPSA) is 74.5 Å². The summed E-state index contributed by atoms with van der Waals surface area (Å²) in [6.07, 6.45) is 1.58. The summed E-state index contributed by atoms with van der Waals surface area (Å²) in [6.45, 7) is 5.69. The molecular weight excluding hydrogens is 378 g/mol. The first kappa shape index (κ1) is 19.9. The van der Waals surface area contributed by atoms with Crippen molar-refractivity contribution < 1.29 is 9.32 Å². The fourth-order valence-electron chi connectivity index (χ4n) is 3.58. The maximum atomic E-state index is 12.4. The molecule has 0 bridgehead atoms. The number of rotatable bonds is 6. The zero-order valence-corrected chi connectivity index (χ0v) is 17.3. The van der Waals surface area contributed by atoms with E-state index in [9.17, 15) is 4.79 Å². The van der Waals surface area contributed by atoms with E-state index in [1.807, 2.05) is 42.2 Å². The zero-order valence-electron chi connectivity index (χ0n) is 17.3. The fourth-order valence-corrected chi connectivity index (χ4v) is 3.58. The van der Waals surface area contributed by atoms with Gasteiger partial charge in [-0.1, -0.05) is 42.4 Å². The van der Waals surface area contributed by atoms with Crippen LogP contribution in [0.4, 0.5) is 10.5 Å². The van der Waals surface area contributed by atoms with E-state index in [-0.39, 0.29) is 6.03 Å². The number of hydrogen-bond donors (Lipinski definition) is 1. The molecule has 0 spiro atoms. The Morgan fingerprint density at radius 1 is 1.03 bits per heavy atom. The Labute approximate surface area is 176 Å². The van der Waals surface area contributed by atoms with Crippen LogP contribution in [0.5, 0.6) is 0 Å². The van der Waals surface area contributed by atoms with Gasteiger partial charge in [-0.15, -0.1) is 0 Å². The highest BCUT2D eigenvalue weighted by Crippen LogP contribution is 2.22. The Hall–Kier alpha value is -3.35. The Kier molecular flexibility index (Phi) is 6.27. The summed E-state index contributed by atoms with van der Waals surface area (Å²) >= 11 is 0. The quantitative estimate of drug-likeness (QED) is 0.681. The molecule has 2 heterocycles. The predicted octanol–water partition coefficient (Wildman–Crippen LogP) is 3.37. The molecule has 7 nitrogen and oxygen atoms in total. The van der Waals surface area contributed by atoms with Crippen molar-refractivity contribution in [2.75, 3.05) is 37.6 Å². The zero-order chi connectivity index (χ0) is 20.8. The number of nitrogens with zero attached hydrogens (tertiary/aromatic N) is 4. The number of aryl methyl sites for hydroxylation is 1. The highest BCUT2D eigenvalue weighted by molar-refractivity contribution is 5.74. The summed E-state index contributed by atoms with van der Waals surface area (Å²) in [5.74, 6) is 1.27. The number of nitrogens with one attached hydrogen (secondary N) is 1. The van der Waals surface area contributed by atoms with Gasteiger partial charge in [-0.25, -0.2) is 4.79 Å². The van der Waals surface area contributed by atoms with Gasteiger partial charge in [0.25, 0.3) is 0 Å². The van der Waals surface area contributed by atoms with Crippen molar-refractivity contribution in [1.29, 1.82) is 0 Å². The van der Waals surface area contributed by atoms with E-state index >= 15 is 0 Å². The average molecular weight is 406 g/mol. The summed E-state index contributed by atoms with van der Waals surface area (Å²) in [4.78, 5) is 21.0. The van der Waals surface area contributed by atoms with E-state index in [4.69, 9.17) is 4.52 Å². The largest absolute Gasteiger partial charge is 0.368 e. The molecule has 4 rings (SSSR count). The third kappa shape index (κ3) is 4.79. The number of anilines is 1. The Morgan fingerprint density at radius 2 is 1.77 bits per heavy atom. The fraction of sp³-hybridized carbons (Fsp3) is 0.348. The molecule has 1 aromatic heterocycles. The van der Waals surface area contributed by atoms with Crippen LogP contribution in [0.2, 0.25) is 0 Å². The summed E-state index contributed by atoms with van der Waals surface area (Å²) in [7, 11) is 0. The van der Waals surface area contributed by atoms with Gasteiger partial charge in [-0.2, -0.15) is 4.98 Å². The van der Waals surface area contributed by atoms with Gasteiger partial charge in [0.15, 0.2) is 0 Å². The third-order valence-corrected chi connectivity index (χ3v) is 5.36. The predicted molar refractivity (Wildman–Crippen MR) is 116 cm³/mol. The molecular formula is C23H27N5O2. The molecule has 1 fully saturated rings. The maximum absolute atomic E-state index is 12.4. The molecule has 1 N–H and O–H groups in total. The average Bonchev–Trinajstić information content (AvgIpc) is 3.29. The SMILES string of the molecule is CCc1nc(-c2ccc(N3CCN(C(=O)NCCc4ccccc4)CC3)cc2)no1. The number of benzene rings is 2. The first-order chi connectivity index (χ1) is 14.7. The van der Waals surface area contributed by atoms with Gasteiger partial charge in [-0.05, 0) is 36.2 Å². The van der Waals surface area contributed by atoms with Gasteiger partial charge < -0.3 is 19.6 Å². The molecule has 0 saturated carbocycles. The molecule has 2 amide bonds. The molecule has 1 aliphatic heterocycles. The van der Waals surface area contributed by atoms with E-state index in [1.165, 1.54) is 5.56 Å². The number of carbonyl (C=O) groups is 1. The number of hydrogen-bond acceptors (Lipinski definition) is 5. The van der Waals surface area contributed by atoms with Crippen molar-refractivity contribution in [3.63, 3.8) is 0 Å². The lowest BCUT2D eigenvalue weighted by atomic mass is 10.1. The maximum Gasteiger partial charge on any atom is 0.317 e. The van der Waals surface area contributed by atoms with Gasteiger partial charge in [0.2, 0.25) is 11.7 Å². The van der Waals surface area contributed by atoms with Crippen LogP contribution in [0.15, 0.2) is 59.1 Å². The van der Waals surface area contributed by atoms with E-state index in [1.54, 1.807) is 0 Å². The monoisotopic (exact) mass is 405 g/mol. The number of urea groups is 1. The van der Waals surface area contributed by atoms with Crippen molar-refractivity contribution >= 4 is 11.7 Å². The molecule has 156 valence electrons. The highest BCUT2D eigenvalue weighted by atomic mass is 16.5. The normalized spacial score (nSPS) is 14.0. The molecule has 30 heavy (non-hydrogen) atoms. The van der Waals surface area contributed by atoms with Crippen LogP contribution in [0.3, 0.4) is 0 Å². The number of carbonyl (C=O) groups excluding carboxylic acids is 1. The smallest absolute Gasteiger partial charge is 0.317 e. The summed E-state index contributed by atoms with van der Waals surface area (Å²) < 4.78 is 5.19. The lowest BCUT2D eigenvalue weighted by Crippen LogP contribution is -2.52. The van der Waals surface area contributed by atoms with E-state index < -0.39 is 0 Å². The second kappa shape index (κ2) is 9.43. The van der Waals surface area contributed by atoms with Crippen LogP contribution in [-0.2, 0) is 12.8 Å². The minimum atomic E-state index is 0.0183. The van der Waals surface area contributed by atoms with Gasteiger partial charge in [-0.3, -0.25) is 0 Å². The molecule has 1 saturated heterocycles. The van der Waals surface area contributed by atoms with Gasteiger partial charge in [0, 0.05) is 50.4 Å². The summed E-state index contributed by atoms with van der Waals surface area (Å²) in [6, 6.07) is 18.4. The van der Waals surface area contributed by atoms with Crippen molar-refractivity contribution in [2.45, 2.75) is 19.8 Å². The van der Waals surface area contributed by atoms with Gasteiger partial charge in [0.05, 0.1) is 0 Å². The summed E-state index contributed by atoms with van der Waals surface area (Å²) in [5, 5.41) is 7.06. The Balaban J connectivity index is 1.25. The number of piperazine rings is 1. The molecule has 1 aliphatic rings. The third-order valence-electron chi connectivity index (χ3n) is 5.36. The molecule has 0 aliphatic carbocycles.